The fourth-order valence-corrected chi connectivity index (χ4v) is 3.64. The highest BCUT2D eigenvalue weighted by atomic mass is 28.3. The Kier molecular flexibility index (Phi) is 4.39. The van der Waals surface area contributed by atoms with Crippen molar-refractivity contribution in [1.82, 2.24) is 0 Å². The van der Waals surface area contributed by atoms with E-state index in [0.717, 1.165) is 6.42 Å². The van der Waals surface area contributed by atoms with Crippen LogP contribution in [-0.2, 0) is 0 Å². The van der Waals surface area contributed by atoms with Crippen LogP contribution in [0, 0.1) is 12.3 Å². The van der Waals surface area contributed by atoms with Crippen LogP contribution in [0.1, 0.15) is 13.3 Å². The van der Waals surface area contributed by atoms with Gasteiger partial charge in [0, 0.05) is 5.54 Å². The van der Waals surface area contributed by atoms with Crippen molar-refractivity contribution in [3.8, 4) is 12.3 Å². The van der Waals surface area contributed by atoms with E-state index < -0.39 is 8.07 Å². The molecular weight excluding hydrogens is 160 g/mol. The van der Waals surface area contributed by atoms with Gasteiger partial charge in [0.05, 0.1) is 0 Å². The molecule has 0 bridgehead atoms. The van der Waals surface area contributed by atoms with Crippen molar-refractivity contribution in [3.05, 3.63) is 36.8 Å². The number of rotatable bonds is 5. The Balaban J connectivity index is 4.94. The van der Waals surface area contributed by atoms with Crippen LogP contribution in [0.15, 0.2) is 36.8 Å². The molecule has 0 aromatic rings. The monoisotopic (exact) mass is 176 g/mol. The molecule has 64 valence electrons. The lowest BCUT2D eigenvalue weighted by molar-refractivity contribution is 0.953. The van der Waals surface area contributed by atoms with Crippen LogP contribution >= 0.6 is 0 Å². The van der Waals surface area contributed by atoms with Crippen LogP contribution in [0.5, 0.6) is 0 Å². The van der Waals surface area contributed by atoms with Crippen molar-refractivity contribution in [3.63, 3.8) is 0 Å². The second-order valence-corrected chi connectivity index (χ2v) is 6.66. The average Bonchev–Trinajstić information content (AvgIpc) is 2.14. The van der Waals surface area contributed by atoms with E-state index in [1.54, 1.807) is 0 Å². The number of hydrogen-bond acceptors (Lipinski definition) is 0. The van der Waals surface area contributed by atoms with E-state index in [4.69, 9.17) is 6.42 Å². The van der Waals surface area contributed by atoms with E-state index >= 15 is 0 Å². The van der Waals surface area contributed by atoms with Crippen molar-refractivity contribution >= 4 is 8.07 Å². The van der Waals surface area contributed by atoms with Gasteiger partial charge in [-0.25, -0.2) is 0 Å². The molecule has 1 heteroatoms. The largest absolute Gasteiger partial charge is 0.139 e. The second kappa shape index (κ2) is 4.79. The molecule has 0 saturated heterocycles. The molecule has 0 heterocycles. The maximum atomic E-state index is 5.44. The van der Waals surface area contributed by atoms with Gasteiger partial charge in [0.25, 0.3) is 0 Å². The molecular formula is C11H16Si. The molecule has 0 aliphatic rings. The molecule has 0 aliphatic carbocycles. The first-order valence-corrected chi connectivity index (χ1v) is 6.38. The molecule has 0 fully saturated rings. The van der Waals surface area contributed by atoms with Gasteiger partial charge >= 0.3 is 0 Å². The third-order valence-corrected chi connectivity index (χ3v) is 6.18. The Morgan fingerprint density at radius 1 is 1.33 bits per heavy atom. The zero-order valence-electron chi connectivity index (χ0n) is 7.72. The van der Waals surface area contributed by atoms with Crippen molar-refractivity contribution < 1.29 is 0 Å². The van der Waals surface area contributed by atoms with Crippen molar-refractivity contribution in [2.75, 3.05) is 0 Å². The minimum absolute atomic E-state index is 0.255. The minimum atomic E-state index is -1.79. The molecule has 0 saturated carbocycles. The van der Waals surface area contributed by atoms with Crippen LogP contribution in [0.2, 0.25) is 5.54 Å². The van der Waals surface area contributed by atoms with Gasteiger partial charge in [-0.05, 0) is 6.42 Å². The van der Waals surface area contributed by atoms with E-state index in [9.17, 15) is 0 Å². The minimum Gasteiger partial charge on any atom is -0.120 e. The standard InChI is InChI=1S/C11H16Si/c1-6-11(7-2)12(8-3,9-4)10-5/h1,8-11H,3-5,7H2,2H3. The van der Waals surface area contributed by atoms with E-state index in [1.165, 1.54) is 0 Å². The highest BCUT2D eigenvalue weighted by Gasteiger charge is 2.29. The summed E-state index contributed by atoms with van der Waals surface area (Å²) in [6, 6.07) is 0. The Morgan fingerprint density at radius 2 is 1.75 bits per heavy atom. The van der Waals surface area contributed by atoms with Gasteiger partial charge in [-0.1, -0.05) is 24.0 Å². The topological polar surface area (TPSA) is 0 Å². The number of terminal acetylenes is 1. The predicted molar refractivity (Wildman–Crippen MR) is 59.2 cm³/mol. The second-order valence-electron chi connectivity index (χ2n) is 2.74. The fraction of sp³-hybridized carbons (Fsp3) is 0.273. The Bertz CT molecular complexity index is 198. The lowest BCUT2D eigenvalue weighted by Crippen LogP contribution is -2.32. The summed E-state index contributed by atoms with van der Waals surface area (Å²) in [6.07, 6.45) is 6.40. The first-order chi connectivity index (χ1) is 5.70. The van der Waals surface area contributed by atoms with Gasteiger partial charge in [0.15, 0.2) is 0 Å². The van der Waals surface area contributed by atoms with E-state index in [-0.39, 0.29) is 5.54 Å². The smallest absolute Gasteiger partial charge is 0.120 e. The summed E-state index contributed by atoms with van der Waals surface area (Å²) in [6.45, 7) is 13.5. The highest BCUT2D eigenvalue weighted by Crippen LogP contribution is 2.27. The molecule has 0 aromatic heterocycles. The highest BCUT2D eigenvalue weighted by molar-refractivity contribution is 6.94. The van der Waals surface area contributed by atoms with Crippen LogP contribution in [-0.4, -0.2) is 8.07 Å². The van der Waals surface area contributed by atoms with E-state index in [1.807, 2.05) is 17.1 Å². The third-order valence-electron chi connectivity index (χ3n) is 2.27. The van der Waals surface area contributed by atoms with Crippen LogP contribution < -0.4 is 0 Å². The van der Waals surface area contributed by atoms with Gasteiger partial charge in [-0.2, -0.15) is 0 Å². The van der Waals surface area contributed by atoms with Crippen LogP contribution in [0.4, 0.5) is 0 Å². The summed E-state index contributed by atoms with van der Waals surface area (Å²) in [5, 5.41) is 0. The van der Waals surface area contributed by atoms with Gasteiger partial charge in [0.1, 0.15) is 8.07 Å². The average molecular weight is 176 g/mol. The Hall–Kier alpha value is -1.00. The Labute approximate surface area is 76.7 Å². The molecule has 12 heavy (non-hydrogen) atoms. The molecule has 1 atom stereocenters. The normalized spacial score (nSPS) is 12.7. The van der Waals surface area contributed by atoms with E-state index in [2.05, 4.69) is 32.6 Å². The fourth-order valence-electron chi connectivity index (χ4n) is 1.29. The molecule has 0 aliphatic heterocycles. The first kappa shape index (κ1) is 11.0. The van der Waals surface area contributed by atoms with Gasteiger partial charge in [-0.15, -0.1) is 32.1 Å². The molecule has 0 aromatic carbocycles. The van der Waals surface area contributed by atoms with Crippen molar-refractivity contribution in [2.24, 2.45) is 0 Å². The van der Waals surface area contributed by atoms with Crippen LogP contribution in [0.25, 0.3) is 0 Å². The molecule has 1 unspecified atom stereocenters. The lowest BCUT2D eigenvalue weighted by Gasteiger charge is -2.25. The zero-order chi connectivity index (χ0) is 9.61. The van der Waals surface area contributed by atoms with E-state index in [0.29, 0.717) is 0 Å². The molecule has 0 spiro atoms. The summed E-state index contributed by atoms with van der Waals surface area (Å²) in [4.78, 5) is 0. The molecule has 0 nitrogen and oxygen atoms in total. The lowest BCUT2D eigenvalue weighted by atomic mass is 10.3. The summed E-state index contributed by atoms with van der Waals surface area (Å²) in [5.41, 5.74) is 6.09. The number of hydrogen-bond donors (Lipinski definition) is 0. The first-order valence-electron chi connectivity index (χ1n) is 4.07. The quantitative estimate of drug-likeness (QED) is 0.446. The zero-order valence-corrected chi connectivity index (χ0v) is 8.72. The SMILES string of the molecule is C#CC(CC)[Si](C=C)(C=C)C=C. The van der Waals surface area contributed by atoms with Crippen LogP contribution in [0.3, 0.4) is 0 Å². The third kappa shape index (κ3) is 1.78. The molecule has 0 radical (unpaired) electrons. The summed E-state index contributed by atoms with van der Waals surface area (Å²) in [5.74, 6) is 2.79. The Morgan fingerprint density at radius 3 is 1.83 bits per heavy atom. The summed E-state index contributed by atoms with van der Waals surface area (Å²) < 4.78 is 0. The summed E-state index contributed by atoms with van der Waals surface area (Å²) in [7, 11) is -1.79. The van der Waals surface area contributed by atoms with Gasteiger partial charge < -0.3 is 0 Å². The maximum Gasteiger partial charge on any atom is 0.139 e. The van der Waals surface area contributed by atoms with Crippen molar-refractivity contribution in [1.29, 1.82) is 0 Å². The van der Waals surface area contributed by atoms with Gasteiger partial charge in [0.2, 0.25) is 0 Å². The predicted octanol–water partition coefficient (Wildman–Crippen LogP) is 3.02. The molecule has 0 rings (SSSR count). The molecule has 0 amide bonds. The molecule has 0 N–H and O–H groups in total. The summed E-state index contributed by atoms with van der Waals surface area (Å²) >= 11 is 0. The van der Waals surface area contributed by atoms with Crippen molar-refractivity contribution in [2.45, 2.75) is 18.9 Å². The maximum absolute atomic E-state index is 5.44. The van der Waals surface area contributed by atoms with Gasteiger partial charge in [-0.3, -0.25) is 0 Å².